The Bertz CT molecular complexity index is 1210. The van der Waals surface area contributed by atoms with Crippen LogP contribution in [0, 0.1) is 17.8 Å². The summed E-state index contributed by atoms with van der Waals surface area (Å²) in [6, 6.07) is 8.03. The van der Waals surface area contributed by atoms with Crippen molar-refractivity contribution in [2.24, 2.45) is 17.8 Å². The van der Waals surface area contributed by atoms with Crippen molar-refractivity contribution in [3.05, 3.63) is 55.6 Å². The van der Waals surface area contributed by atoms with Gasteiger partial charge in [-0.1, -0.05) is 63.5 Å². The average molecular weight is 592 g/mol. The van der Waals surface area contributed by atoms with Crippen LogP contribution < -0.4 is 4.90 Å². The highest BCUT2D eigenvalue weighted by Gasteiger charge is 2.79. The molecule has 8 heteroatoms. The van der Waals surface area contributed by atoms with Crippen molar-refractivity contribution in [3.63, 3.8) is 0 Å². The summed E-state index contributed by atoms with van der Waals surface area (Å²) in [6.07, 6.45) is 10.2. The minimum absolute atomic E-state index is 0.0668. The predicted molar refractivity (Wildman–Crippen MR) is 167 cm³/mol. The third kappa shape index (κ3) is 5.35. The zero-order chi connectivity index (χ0) is 30.9. The fraction of sp³-hybridized carbons (Fsp3) is 0.629. The van der Waals surface area contributed by atoms with Crippen LogP contribution in [-0.4, -0.2) is 81.7 Å². The standard InChI is InChI=1S/C35H49N3O5/c1-6-20-36(25-14-10-8-11-15-25)31(40)28-29-32(41)38(27(23-39)22-24(3)4)30(35(29)19-18-34(28,5)43-35)33(42)37(21-7-2)26-16-12-9-13-17-26/h6-8,10-11,14-15,24,26-30,39H,1-2,9,12-13,16-23H2,3-5H3/t27-,28+,29+,30?,34-,35?/m1/s1. The van der Waals surface area contributed by atoms with E-state index in [0.29, 0.717) is 25.8 Å². The first-order chi connectivity index (χ1) is 20.6. The molecule has 1 saturated carbocycles. The van der Waals surface area contributed by atoms with E-state index in [1.165, 1.54) is 0 Å². The van der Waals surface area contributed by atoms with Gasteiger partial charge in [-0.05, 0) is 57.1 Å². The minimum atomic E-state index is -1.14. The van der Waals surface area contributed by atoms with Gasteiger partial charge < -0.3 is 24.5 Å². The lowest BCUT2D eigenvalue weighted by atomic mass is 9.66. The Morgan fingerprint density at radius 1 is 1.07 bits per heavy atom. The van der Waals surface area contributed by atoms with Gasteiger partial charge in [0.05, 0.1) is 30.1 Å². The number of amides is 3. The van der Waals surface area contributed by atoms with Crippen LogP contribution in [0.4, 0.5) is 5.69 Å². The van der Waals surface area contributed by atoms with Gasteiger partial charge >= 0.3 is 0 Å². The highest BCUT2D eigenvalue weighted by molar-refractivity contribution is 6.03. The topological polar surface area (TPSA) is 90.4 Å². The number of carbonyl (C=O) groups excluding carboxylic acids is 3. The largest absolute Gasteiger partial charge is 0.394 e. The van der Waals surface area contributed by atoms with Crippen LogP contribution in [0.2, 0.25) is 0 Å². The molecule has 8 nitrogen and oxygen atoms in total. The summed E-state index contributed by atoms with van der Waals surface area (Å²) in [6.45, 7) is 14.3. The van der Waals surface area contributed by atoms with Crippen LogP contribution in [0.3, 0.4) is 0 Å². The van der Waals surface area contributed by atoms with Gasteiger partial charge in [-0.15, -0.1) is 13.2 Å². The van der Waals surface area contributed by atoms with Gasteiger partial charge in [0.25, 0.3) is 0 Å². The van der Waals surface area contributed by atoms with Gasteiger partial charge in [0.15, 0.2) is 0 Å². The van der Waals surface area contributed by atoms with E-state index in [1.807, 2.05) is 56.0 Å². The van der Waals surface area contributed by atoms with Gasteiger partial charge in [-0.3, -0.25) is 14.4 Å². The van der Waals surface area contributed by atoms with Crippen LogP contribution in [0.1, 0.15) is 72.1 Å². The third-order valence-electron chi connectivity index (χ3n) is 10.3. The number of hydrogen-bond donors (Lipinski definition) is 1. The highest BCUT2D eigenvalue weighted by atomic mass is 16.5. The van der Waals surface area contributed by atoms with Gasteiger partial charge in [-0.2, -0.15) is 0 Å². The second-order valence-corrected chi connectivity index (χ2v) is 13.6. The number of rotatable bonds is 12. The summed E-state index contributed by atoms with van der Waals surface area (Å²) in [4.78, 5) is 49.4. The Hall–Kier alpha value is -2.97. The molecule has 4 aliphatic rings. The van der Waals surface area contributed by atoms with E-state index in [1.54, 1.807) is 22.0 Å². The number of anilines is 1. The number of carbonyl (C=O) groups is 3. The van der Waals surface area contributed by atoms with Crippen molar-refractivity contribution in [1.29, 1.82) is 0 Å². The molecule has 2 bridgehead atoms. The van der Waals surface area contributed by atoms with Gasteiger partial charge in [0.1, 0.15) is 11.6 Å². The lowest BCUT2D eigenvalue weighted by Gasteiger charge is -2.42. The van der Waals surface area contributed by atoms with Crippen LogP contribution in [0.5, 0.6) is 0 Å². The zero-order valence-corrected chi connectivity index (χ0v) is 26.1. The molecule has 1 spiro atoms. The van der Waals surface area contributed by atoms with E-state index in [-0.39, 0.29) is 42.8 Å². The first-order valence-corrected chi connectivity index (χ1v) is 16.2. The molecular weight excluding hydrogens is 542 g/mol. The Kier molecular flexibility index (Phi) is 9.19. The molecule has 234 valence electrons. The quantitative estimate of drug-likeness (QED) is 0.355. The maximum Gasteiger partial charge on any atom is 0.248 e. The summed E-state index contributed by atoms with van der Waals surface area (Å²) >= 11 is 0. The molecule has 5 rings (SSSR count). The lowest BCUT2D eigenvalue weighted by Crippen LogP contribution is -2.60. The molecule has 3 saturated heterocycles. The first-order valence-electron chi connectivity index (χ1n) is 16.2. The molecule has 3 aliphatic heterocycles. The smallest absolute Gasteiger partial charge is 0.248 e. The van der Waals surface area contributed by atoms with Gasteiger partial charge in [-0.25, -0.2) is 0 Å². The van der Waals surface area contributed by atoms with E-state index >= 15 is 0 Å². The highest BCUT2D eigenvalue weighted by Crippen LogP contribution is 2.64. The molecule has 1 N–H and O–H groups in total. The van der Waals surface area contributed by atoms with Crippen molar-refractivity contribution in [3.8, 4) is 0 Å². The maximum absolute atomic E-state index is 14.9. The molecule has 6 atom stereocenters. The number of para-hydroxylation sites is 1. The molecular formula is C35H49N3O5. The first kappa shape index (κ1) is 31.5. The van der Waals surface area contributed by atoms with Crippen LogP contribution in [-0.2, 0) is 19.1 Å². The molecule has 4 fully saturated rings. The Balaban J connectivity index is 1.60. The van der Waals surface area contributed by atoms with Crippen molar-refractivity contribution in [1.82, 2.24) is 9.80 Å². The van der Waals surface area contributed by atoms with Crippen LogP contribution in [0.25, 0.3) is 0 Å². The second kappa shape index (κ2) is 12.6. The number of benzene rings is 1. The molecule has 1 aromatic carbocycles. The Labute approximate surface area is 256 Å². The monoisotopic (exact) mass is 591 g/mol. The predicted octanol–water partition coefficient (Wildman–Crippen LogP) is 4.72. The number of aliphatic hydroxyl groups is 1. The fourth-order valence-corrected chi connectivity index (χ4v) is 8.57. The number of likely N-dealkylation sites (tertiary alicyclic amines) is 1. The van der Waals surface area contributed by atoms with E-state index < -0.39 is 35.1 Å². The number of ether oxygens (including phenoxy) is 1. The fourth-order valence-electron chi connectivity index (χ4n) is 8.57. The summed E-state index contributed by atoms with van der Waals surface area (Å²) in [5.74, 6) is -1.99. The summed E-state index contributed by atoms with van der Waals surface area (Å²) in [5.41, 5.74) is -1.31. The van der Waals surface area contributed by atoms with Crippen molar-refractivity contribution < 1.29 is 24.2 Å². The van der Waals surface area contributed by atoms with Crippen LogP contribution >= 0.6 is 0 Å². The Morgan fingerprint density at radius 3 is 2.35 bits per heavy atom. The van der Waals surface area contributed by atoms with Gasteiger partial charge in [0, 0.05) is 24.8 Å². The SMILES string of the molecule is C=CCN(C(=O)[C@@H]1[C@H]2C(=O)N([C@@H](CO)CC(C)C)C(C(=O)N(CC=C)C3CCCCC3)C23CC[C@@]1(C)O3)c1ccccc1. The summed E-state index contributed by atoms with van der Waals surface area (Å²) < 4.78 is 6.93. The normalized spacial score (nSPS) is 30.8. The minimum Gasteiger partial charge on any atom is -0.394 e. The lowest BCUT2D eigenvalue weighted by molar-refractivity contribution is -0.157. The van der Waals surface area contributed by atoms with E-state index in [2.05, 4.69) is 13.2 Å². The van der Waals surface area contributed by atoms with E-state index in [4.69, 9.17) is 4.74 Å². The van der Waals surface area contributed by atoms with Crippen molar-refractivity contribution in [2.45, 2.75) is 101 Å². The molecule has 1 aliphatic carbocycles. The maximum atomic E-state index is 14.9. The molecule has 3 amide bonds. The average Bonchev–Trinajstić information content (AvgIpc) is 3.58. The van der Waals surface area contributed by atoms with E-state index in [0.717, 1.165) is 37.8 Å². The van der Waals surface area contributed by atoms with Crippen molar-refractivity contribution >= 4 is 23.4 Å². The zero-order valence-electron chi connectivity index (χ0n) is 26.1. The molecule has 0 aromatic heterocycles. The van der Waals surface area contributed by atoms with E-state index in [9.17, 15) is 19.5 Å². The molecule has 43 heavy (non-hydrogen) atoms. The number of aliphatic hydroxyl groups excluding tert-OH is 1. The summed E-state index contributed by atoms with van der Waals surface area (Å²) in [7, 11) is 0. The van der Waals surface area contributed by atoms with Crippen LogP contribution in [0.15, 0.2) is 55.6 Å². The molecule has 2 unspecified atom stereocenters. The number of nitrogens with zero attached hydrogens (tertiary/aromatic N) is 3. The number of fused-ring (bicyclic) bond motifs is 1. The van der Waals surface area contributed by atoms with Gasteiger partial charge in [0.2, 0.25) is 17.7 Å². The second-order valence-electron chi connectivity index (χ2n) is 13.6. The summed E-state index contributed by atoms with van der Waals surface area (Å²) in [5, 5.41) is 10.6. The third-order valence-corrected chi connectivity index (χ3v) is 10.3. The molecule has 3 heterocycles. The van der Waals surface area contributed by atoms with Crippen molar-refractivity contribution in [2.75, 3.05) is 24.6 Å². The number of hydrogen-bond acceptors (Lipinski definition) is 5. The molecule has 0 radical (unpaired) electrons. The Morgan fingerprint density at radius 2 is 1.74 bits per heavy atom. The molecule has 1 aromatic rings.